The summed E-state index contributed by atoms with van der Waals surface area (Å²) < 4.78 is 32.4. The molecule has 2 unspecified atom stereocenters. The van der Waals surface area contributed by atoms with E-state index in [1.165, 1.54) is 6.40 Å². The maximum atomic E-state index is 11.1. The summed E-state index contributed by atoms with van der Waals surface area (Å²) in [5.41, 5.74) is 0.832. The second-order valence-corrected chi connectivity index (χ2v) is 6.26. The monoisotopic (exact) mass is 287 g/mol. The highest BCUT2D eigenvalue weighted by Crippen LogP contribution is 2.29. The first-order valence-corrected chi connectivity index (χ1v) is 8.23. The lowest BCUT2D eigenvalue weighted by Crippen LogP contribution is -2.20. The fraction of sp³-hybridized carbons (Fsp3) is 0.364. The molecule has 0 radical (unpaired) electrons. The molecule has 5 nitrogen and oxygen atoms in total. The van der Waals surface area contributed by atoms with Gasteiger partial charge in [0.25, 0.3) is 10.1 Å². The fourth-order valence-electron chi connectivity index (χ4n) is 1.60. The van der Waals surface area contributed by atoms with Gasteiger partial charge in [0, 0.05) is 4.90 Å². The first kappa shape index (κ1) is 13.4. The van der Waals surface area contributed by atoms with Crippen molar-refractivity contribution >= 4 is 28.3 Å². The van der Waals surface area contributed by atoms with E-state index in [2.05, 4.69) is 4.99 Å². The Hall–Kier alpha value is -1.05. The van der Waals surface area contributed by atoms with Crippen LogP contribution >= 0.6 is 11.8 Å². The molecule has 0 N–H and O–H groups in total. The maximum Gasteiger partial charge on any atom is 0.266 e. The van der Waals surface area contributed by atoms with Crippen molar-refractivity contribution in [1.29, 1.82) is 0 Å². The SMILES string of the molecule is CSc1ccc(C2OC=NC2OS(C)(=O)=O)cc1. The molecule has 2 atom stereocenters. The Bertz CT molecular complexity index is 539. The number of aliphatic imine (C=N–C) groups is 1. The Balaban J connectivity index is 2.16. The number of thioether (sulfide) groups is 1. The normalized spacial score (nSPS) is 23.0. The van der Waals surface area contributed by atoms with E-state index in [4.69, 9.17) is 8.92 Å². The Morgan fingerprint density at radius 2 is 2.00 bits per heavy atom. The zero-order chi connectivity index (χ0) is 13.2. The van der Waals surface area contributed by atoms with Crippen molar-refractivity contribution < 1.29 is 17.3 Å². The van der Waals surface area contributed by atoms with Crippen LogP contribution in [0.1, 0.15) is 11.7 Å². The molecule has 0 aliphatic carbocycles. The van der Waals surface area contributed by atoms with Gasteiger partial charge in [-0.2, -0.15) is 8.42 Å². The molecule has 1 aliphatic heterocycles. The number of hydrogen-bond acceptors (Lipinski definition) is 6. The minimum atomic E-state index is -3.56. The van der Waals surface area contributed by atoms with Crippen molar-refractivity contribution in [2.24, 2.45) is 4.99 Å². The minimum Gasteiger partial charge on any atom is -0.471 e. The van der Waals surface area contributed by atoms with E-state index in [0.29, 0.717) is 0 Å². The second-order valence-electron chi connectivity index (χ2n) is 3.78. The van der Waals surface area contributed by atoms with Gasteiger partial charge in [0.1, 0.15) is 0 Å². The summed E-state index contributed by atoms with van der Waals surface area (Å²) >= 11 is 1.63. The van der Waals surface area contributed by atoms with Crippen LogP contribution in [-0.4, -0.2) is 33.6 Å². The largest absolute Gasteiger partial charge is 0.471 e. The van der Waals surface area contributed by atoms with Gasteiger partial charge in [-0.3, -0.25) is 0 Å². The molecule has 1 heterocycles. The van der Waals surface area contributed by atoms with Crippen LogP contribution < -0.4 is 0 Å². The molecule has 0 fully saturated rings. The summed E-state index contributed by atoms with van der Waals surface area (Å²) in [6, 6.07) is 7.64. The highest BCUT2D eigenvalue weighted by atomic mass is 32.2. The lowest BCUT2D eigenvalue weighted by atomic mass is 10.1. The molecular formula is C11H13NO4S2. The molecule has 0 aromatic heterocycles. The quantitative estimate of drug-likeness (QED) is 0.624. The van der Waals surface area contributed by atoms with Crippen LogP contribution in [0, 0.1) is 0 Å². The van der Waals surface area contributed by atoms with Crippen LogP contribution in [0.15, 0.2) is 34.2 Å². The van der Waals surface area contributed by atoms with Crippen molar-refractivity contribution in [3.05, 3.63) is 29.8 Å². The van der Waals surface area contributed by atoms with Crippen molar-refractivity contribution in [2.75, 3.05) is 12.5 Å². The van der Waals surface area contributed by atoms with Gasteiger partial charge in [0.05, 0.1) is 6.26 Å². The molecule has 0 bridgehead atoms. The number of nitrogens with zero attached hydrogens (tertiary/aromatic N) is 1. The molecule has 0 saturated carbocycles. The van der Waals surface area contributed by atoms with Crippen molar-refractivity contribution in [3.63, 3.8) is 0 Å². The predicted molar refractivity (Wildman–Crippen MR) is 70.3 cm³/mol. The highest BCUT2D eigenvalue weighted by Gasteiger charge is 2.31. The van der Waals surface area contributed by atoms with E-state index in [0.717, 1.165) is 16.7 Å². The van der Waals surface area contributed by atoms with Gasteiger partial charge in [0.2, 0.25) is 6.23 Å². The lowest BCUT2D eigenvalue weighted by Gasteiger charge is -2.16. The lowest BCUT2D eigenvalue weighted by molar-refractivity contribution is 0.0902. The van der Waals surface area contributed by atoms with Gasteiger partial charge in [-0.05, 0) is 24.0 Å². The molecule has 2 rings (SSSR count). The zero-order valence-electron chi connectivity index (χ0n) is 9.94. The Morgan fingerprint density at radius 3 is 2.56 bits per heavy atom. The first-order chi connectivity index (χ1) is 8.49. The number of ether oxygens (including phenoxy) is 1. The van der Waals surface area contributed by atoms with Crippen LogP contribution in [0.5, 0.6) is 0 Å². The topological polar surface area (TPSA) is 65.0 Å². The van der Waals surface area contributed by atoms with Crippen molar-refractivity contribution in [1.82, 2.24) is 0 Å². The van der Waals surface area contributed by atoms with Gasteiger partial charge in [-0.1, -0.05) is 12.1 Å². The van der Waals surface area contributed by atoms with Crippen LogP contribution in [-0.2, 0) is 19.0 Å². The summed E-state index contributed by atoms with van der Waals surface area (Å²) in [4.78, 5) is 4.99. The summed E-state index contributed by atoms with van der Waals surface area (Å²) in [6.45, 7) is 0. The van der Waals surface area contributed by atoms with Gasteiger partial charge in [0.15, 0.2) is 12.5 Å². The average Bonchev–Trinajstić information content (AvgIpc) is 2.75. The average molecular weight is 287 g/mol. The maximum absolute atomic E-state index is 11.1. The number of rotatable bonds is 4. The van der Waals surface area contributed by atoms with Crippen molar-refractivity contribution in [2.45, 2.75) is 17.2 Å². The molecule has 18 heavy (non-hydrogen) atoms. The van der Waals surface area contributed by atoms with Crippen LogP contribution in [0.3, 0.4) is 0 Å². The smallest absolute Gasteiger partial charge is 0.266 e. The minimum absolute atomic E-state index is 0.518. The molecule has 0 saturated heterocycles. The Kier molecular flexibility index (Phi) is 3.94. The van der Waals surface area contributed by atoms with E-state index >= 15 is 0 Å². The number of hydrogen-bond donors (Lipinski definition) is 0. The molecule has 1 aliphatic rings. The Labute approximate surface area is 110 Å². The third kappa shape index (κ3) is 3.24. The number of benzene rings is 1. The van der Waals surface area contributed by atoms with E-state index in [9.17, 15) is 8.42 Å². The summed E-state index contributed by atoms with van der Waals surface area (Å²) in [6.07, 6.45) is 2.84. The zero-order valence-corrected chi connectivity index (χ0v) is 11.6. The summed E-state index contributed by atoms with van der Waals surface area (Å²) in [7, 11) is -3.56. The molecule has 1 aromatic rings. The van der Waals surface area contributed by atoms with Gasteiger partial charge < -0.3 is 4.74 Å². The predicted octanol–water partition coefficient (Wildman–Crippen LogP) is 1.81. The van der Waals surface area contributed by atoms with Crippen LogP contribution in [0.2, 0.25) is 0 Å². The fourth-order valence-corrected chi connectivity index (χ4v) is 2.51. The van der Waals surface area contributed by atoms with Gasteiger partial charge >= 0.3 is 0 Å². The van der Waals surface area contributed by atoms with E-state index < -0.39 is 22.4 Å². The van der Waals surface area contributed by atoms with Crippen molar-refractivity contribution in [3.8, 4) is 0 Å². The van der Waals surface area contributed by atoms with Gasteiger partial charge in [-0.15, -0.1) is 11.8 Å². The first-order valence-electron chi connectivity index (χ1n) is 5.19. The molecule has 0 amide bonds. The summed E-state index contributed by atoms with van der Waals surface area (Å²) in [5, 5.41) is 0. The van der Waals surface area contributed by atoms with E-state index in [1.807, 2.05) is 30.5 Å². The van der Waals surface area contributed by atoms with Crippen LogP contribution in [0.25, 0.3) is 0 Å². The highest BCUT2D eigenvalue weighted by molar-refractivity contribution is 7.98. The van der Waals surface area contributed by atoms with E-state index in [1.54, 1.807) is 11.8 Å². The Morgan fingerprint density at radius 1 is 1.33 bits per heavy atom. The molecule has 7 heteroatoms. The van der Waals surface area contributed by atoms with E-state index in [-0.39, 0.29) is 0 Å². The molecular weight excluding hydrogens is 274 g/mol. The third-order valence-electron chi connectivity index (χ3n) is 2.39. The molecule has 98 valence electrons. The molecule has 1 aromatic carbocycles. The standard InChI is InChI=1S/C11H13NO4S2/c1-17-9-5-3-8(4-6-9)10-11(12-7-15-10)16-18(2,13)14/h3-7,10-11H,1-2H3. The molecule has 0 spiro atoms. The summed E-state index contributed by atoms with van der Waals surface area (Å²) in [5.74, 6) is 0. The van der Waals surface area contributed by atoms with Gasteiger partial charge in [-0.25, -0.2) is 9.18 Å². The van der Waals surface area contributed by atoms with Crippen LogP contribution in [0.4, 0.5) is 0 Å². The second kappa shape index (κ2) is 5.29. The third-order valence-corrected chi connectivity index (χ3v) is 3.68.